The predicted molar refractivity (Wildman–Crippen MR) is 77.5 cm³/mol. The molecule has 18 heavy (non-hydrogen) atoms. The molecule has 2 atom stereocenters. The quantitative estimate of drug-likeness (QED) is 0.842. The molecule has 5 heteroatoms. The fraction of sp³-hybridized carbons (Fsp3) is 0.538. The monoisotopic (exact) mass is 334 g/mol. The SMILES string of the molecule is CC[C@](Br)([C@@H](O)c1cccc(C)c1)S(=O)(=O)CC. The van der Waals surface area contributed by atoms with Gasteiger partial charge in [0.25, 0.3) is 0 Å². The Labute approximate surface area is 117 Å². The number of alkyl halides is 1. The van der Waals surface area contributed by atoms with E-state index in [1.807, 2.05) is 25.1 Å². The number of aliphatic hydroxyl groups excluding tert-OH is 1. The third-order valence-corrected chi connectivity index (χ3v) is 7.93. The lowest BCUT2D eigenvalue weighted by atomic mass is 10.0. The van der Waals surface area contributed by atoms with E-state index >= 15 is 0 Å². The van der Waals surface area contributed by atoms with Crippen LogP contribution in [0.3, 0.4) is 0 Å². The minimum Gasteiger partial charge on any atom is -0.386 e. The molecule has 3 nitrogen and oxygen atoms in total. The van der Waals surface area contributed by atoms with Gasteiger partial charge < -0.3 is 5.11 Å². The van der Waals surface area contributed by atoms with E-state index in [0.29, 0.717) is 12.0 Å². The van der Waals surface area contributed by atoms with Crippen LogP contribution in [0.4, 0.5) is 0 Å². The van der Waals surface area contributed by atoms with Gasteiger partial charge >= 0.3 is 0 Å². The van der Waals surface area contributed by atoms with Crippen LogP contribution >= 0.6 is 15.9 Å². The summed E-state index contributed by atoms with van der Waals surface area (Å²) in [5, 5.41) is 10.4. The number of hydrogen-bond acceptors (Lipinski definition) is 3. The highest BCUT2D eigenvalue weighted by Gasteiger charge is 2.45. The summed E-state index contributed by atoms with van der Waals surface area (Å²) in [4.78, 5) is 0. The number of halogens is 1. The van der Waals surface area contributed by atoms with E-state index in [1.165, 1.54) is 0 Å². The van der Waals surface area contributed by atoms with Gasteiger partial charge in [-0.05, 0) is 18.9 Å². The Morgan fingerprint density at radius 1 is 1.39 bits per heavy atom. The molecule has 0 bridgehead atoms. The summed E-state index contributed by atoms with van der Waals surface area (Å²) < 4.78 is 23.0. The normalized spacial score (nSPS) is 17.2. The molecular formula is C13H19BrO3S. The maximum Gasteiger partial charge on any atom is 0.168 e. The van der Waals surface area contributed by atoms with Gasteiger partial charge in [-0.1, -0.05) is 59.6 Å². The summed E-state index contributed by atoms with van der Waals surface area (Å²) in [7, 11) is -3.40. The van der Waals surface area contributed by atoms with E-state index in [4.69, 9.17) is 0 Å². The minimum atomic E-state index is -3.40. The molecule has 1 N–H and O–H groups in total. The highest BCUT2D eigenvalue weighted by molar-refractivity contribution is 9.11. The van der Waals surface area contributed by atoms with Crippen LogP contribution in [0.5, 0.6) is 0 Å². The summed E-state index contributed by atoms with van der Waals surface area (Å²) >= 11 is 3.25. The molecule has 0 amide bonds. The number of aryl methyl sites for hydroxylation is 1. The zero-order valence-electron chi connectivity index (χ0n) is 10.9. The van der Waals surface area contributed by atoms with Crippen LogP contribution in [0.25, 0.3) is 0 Å². The second-order valence-electron chi connectivity index (χ2n) is 4.36. The van der Waals surface area contributed by atoms with Crippen LogP contribution in [-0.2, 0) is 9.84 Å². The van der Waals surface area contributed by atoms with Crippen LogP contribution in [0, 0.1) is 6.92 Å². The van der Waals surface area contributed by atoms with Crippen LogP contribution in [0.1, 0.15) is 37.5 Å². The Kier molecular flexibility index (Phi) is 4.98. The molecule has 0 aromatic heterocycles. The van der Waals surface area contributed by atoms with E-state index in [9.17, 15) is 13.5 Å². The summed E-state index contributed by atoms with van der Waals surface area (Å²) in [6, 6.07) is 7.28. The van der Waals surface area contributed by atoms with Gasteiger partial charge in [0.15, 0.2) is 13.5 Å². The molecule has 0 saturated carbocycles. The third-order valence-electron chi connectivity index (χ3n) is 3.15. The maximum atomic E-state index is 12.1. The second kappa shape index (κ2) is 5.72. The summed E-state index contributed by atoms with van der Waals surface area (Å²) in [5.41, 5.74) is 1.61. The Morgan fingerprint density at radius 2 is 2.00 bits per heavy atom. The largest absolute Gasteiger partial charge is 0.386 e. The molecule has 102 valence electrons. The first-order chi connectivity index (χ1) is 8.28. The zero-order chi connectivity index (χ0) is 14.0. The van der Waals surface area contributed by atoms with Crippen molar-refractivity contribution in [3.8, 4) is 0 Å². The van der Waals surface area contributed by atoms with E-state index < -0.39 is 19.6 Å². The van der Waals surface area contributed by atoms with Crippen molar-refractivity contribution in [2.75, 3.05) is 5.75 Å². The maximum absolute atomic E-state index is 12.1. The van der Waals surface area contributed by atoms with Crippen molar-refractivity contribution >= 4 is 25.8 Å². The molecule has 0 heterocycles. The van der Waals surface area contributed by atoms with Crippen molar-refractivity contribution in [2.45, 2.75) is 37.0 Å². The Hall–Kier alpha value is -0.390. The standard InChI is InChI=1S/C13H19BrO3S/c1-4-13(14,18(16,17)5-2)12(15)11-8-6-7-10(3)9-11/h6-9,12,15H,4-5H2,1-3H3/t12-,13+/m0/s1. The first kappa shape index (κ1) is 15.7. The van der Waals surface area contributed by atoms with Gasteiger partial charge in [-0.25, -0.2) is 8.42 Å². The highest BCUT2D eigenvalue weighted by atomic mass is 79.9. The molecule has 1 aromatic rings. The average Bonchev–Trinajstić information content (AvgIpc) is 2.36. The molecule has 1 aromatic carbocycles. The molecule has 0 spiro atoms. The van der Waals surface area contributed by atoms with Crippen LogP contribution in [0.2, 0.25) is 0 Å². The number of aliphatic hydroxyl groups is 1. The van der Waals surface area contributed by atoms with Crippen LogP contribution in [-0.4, -0.2) is 22.9 Å². The number of sulfone groups is 1. The first-order valence-corrected chi connectivity index (χ1v) is 8.39. The zero-order valence-corrected chi connectivity index (χ0v) is 13.3. The second-order valence-corrected chi connectivity index (χ2v) is 8.84. The lowest BCUT2D eigenvalue weighted by molar-refractivity contribution is 0.160. The molecular weight excluding hydrogens is 316 g/mol. The van der Waals surface area contributed by atoms with Crippen molar-refractivity contribution in [1.29, 1.82) is 0 Å². The van der Waals surface area contributed by atoms with Crippen molar-refractivity contribution in [1.82, 2.24) is 0 Å². The lowest BCUT2D eigenvalue weighted by Gasteiger charge is -2.31. The van der Waals surface area contributed by atoms with E-state index in [-0.39, 0.29) is 5.75 Å². The van der Waals surface area contributed by atoms with Gasteiger partial charge in [-0.3, -0.25) is 0 Å². The Morgan fingerprint density at radius 3 is 2.44 bits per heavy atom. The topological polar surface area (TPSA) is 54.4 Å². The van der Waals surface area contributed by atoms with Crippen molar-refractivity contribution < 1.29 is 13.5 Å². The highest BCUT2D eigenvalue weighted by Crippen LogP contribution is 2.42. The molecule has 0 aliphatic carbocycles. The van der Waals surface area contributed by atoms with Gasteiger partial charge in [0.05, 0.1) is 0 Å². The number of rotatable bonds is 5. The Balaban J connectivity index is 3.26. The lowest BCUT2D eigenvalue weighted by Crippen LogP contribution is -2.39. The molecule has 0 aliphatic rings. The molecule has 1 rings (SSSR count). The van der Waals surface area contributed by atoms with Crippen molar-refractivity contribution in [3.63, 3.8) is 0 Å². The van der Waals surface area contributed by atoms with E-state index in [0.717, 1.165) is 5.56 Å². The molecule has 0 fully saturated rings. The van der Waals surface area contributed by atoms with Gasteiger partial charge in [-0.2, -0.15) is 0 Å². The number of benzene rings is 1. The molecule has 0 radical (unpaired) electrons. The molecule has 0 unspecified atom stereocenters. The summed E-state index contributed by atoms with van der Waals surface area (Å²) in [6.07, 6.45) is -0.773. The third kappa shape index (κ3) is 2.78. The van der Waals surface area contributed by atoms with Gasteiger partial charge in [0.1, 0.15) is 6.10 Å². The Bertz CT molecular complexity index is 513. The summed E-state index contributed by atoms with van der Waals surface area (Å²) in [6.45, 7) is 5.25. The van der Waals surface area contributed by atoms with Gasteiger partial charge in [0, 0.05) is 5.75 Å². The smallest absolute Gasteiger partial charge is 0.168 e. The molecule has 0 saturated heterocycles. The van der Waals surface area contributed by atoms with E-state index in [2.05, 4.69) is 15.9 Å². The average molecular weight is 335 g/mol. The van der Waals surface area contributed by atoms with Gasteiger partial charge in [0.2, 0.25) is 0 Å². The van der Waals surface area contributed by atoms with Crippen LogP contribution < -0.4 is 0 Å². The fourth-order valence-corrected chi connectivity index (χ4v) is 4.26. The summed E-state index contributed by atoms with van der Waals surface area (Å²) in [5.74, 6) is -0.00499. The predicted octanol–water partition coefficient (Wildman–Crippen LogP) is 2.96. The van der Waals surface area contributed by atoms with E-state index in [1.54, 1.807) is 19.9 Å². The van der Waals surface area contributed by atoms with Crippen LogP contribution in [0.15, 0.2) is 24.3 Å². The minimum absolute atomic E-state index is 0.00499. The van der Waals surface area contributed by atoms with Crippen molar-refractivity contribution in [3.05, 3.63) is 35.4 Å². The fourth-order valence-electron chi connectivity index (χ4n) is 1.91. The van der Waals surface area contributed by atoms with Gasteiger partial charge in [-0.15, -0.1) is 0 Å². The van der Waals surface area contributed by atoms with Crippen molar-refractivity contribution in [2.24, 2.45) is 0 Å². The molecule has 0 aliphatic heterocycles. The first-order valence-electron chi connectivity index (χ1n) is 5.94. The number of hydrogen-bond donors (Lipinski definition) is 1.